The van der Waals surface area contributed by atoms with E-state index in [1.165, 1.54) is 25.7 Å². The predicted molar refractivity (Wildman–Crippen MR) is 73.5 cm³/mol. The first-order valence-corrected chi connectivity index (χ1v) is 6.74. The van der Waals surface area contributed by atoms with Crippen molar-refractivity contribution in [1.82, 2.24) is 0 Å². The van der Waals surface area contributed by atoms with Gasteiger partial charge in [-0.25, -0.2) is 0 Å². The minimum absolute atomic E-state index is 0.387. The first-order valence-electron chi connectivity index (χ1n) is 6.74. The first kappa shape index (κ1) is 13.5. The molecule has 16 heavy (non-hydrogen) atoms. The normalized spacial score (nSPS) is 18.1. The third-order valence-corrected chi connectivity index (χ3v) is 4.66. The Morgan fingerprint density at radius 1 is 0.812 bits per heavy atom. The van der Waals surface area contributed by atoms with Crippen LogP contribution in [0.15, 0.2) is 23.3 Å². The number of hydrogen-bond acceptors (Lipinski definition) is 0. The lowest BCUT2D eigenvalue weighted by Gasteiger charge is -2.33. The molecule has 0 radical (unpaired) electrons. The highest BCUT2D eigenvalue weighted by Gasteiger charge is 2.26. The summed E-state index contributed by atoms with van der Waals surface area (Å²) in [5.74, 6) is 0. The van der Waals surface area contributed by atoms with Crippen molar-refractivity contribution in [2.24, 2.45) is 10.8 Å². The Balaban J connectivity index is 2.87. The highest BCUT2D eigenvalue weighted by molar-refractivity contribution is 5.30. The van der Waals surface area contributed by atoms with Gasteiger partial charge in [0.1, 0.15) is 0 Å². The molecular weight excluding hydrogens is 192 g/mol. The van der Waals surface area contributed by atoms with E-state index in [2.05, 4.69) is 53.7 Å². The van der Waals surface area contributed by atoms with Gasteiger partial charge in [0.25, 0.3) is 0 Å². The van der Waals surface area contributed by atoms with E-state index in [1.807, 2.05) is 0 Å². The lowest BCUT2D eigenvalue weighted by Crippen LogP contribution is -2.19. The maximum atomic E-state index is 2.39. The molecule has 0 spiro atoms. The molecule has 0 bridgehead atoms. The Morgan fingerprint density at radius 2 is 1.12 bits per heavy atom. The van der Waals surface area contributed by atoms with Gasteiger partial charge in [-0.2, -0.15) is 0 Å². The molecule has 0 aromatic carbocycles. The highest BCUT2D eigenvalue weighted by Crippen LogP contribution is 2.41. The Morgan fingerprint density at radius 3 is 1.31 bits per heavy atom. The van der Waals surface area contributed by atoms with Crippen LogP contribution in [-0.4, -0.2) is 0 Å². The van der Waals surface area contributed by atoms with Crippen molar-refractivity contribution >= 4 is 0 Å². The third-order valence-electron chi connectivity index (χ3n) is 4.66. The largest absolute Gasteiger partial charge is 0.0646 e. The van der Waals surface area contributed by atoms with Gasteiger partial charge in [-0.05, 0) is 36.5 Å². The van der Waals surface area contributed by atoms with Crippen molar-refractivity contribution in [1.29, 1.82) is 0 Å². The van der Waals surface area contributed by atoms with E-state index in [0.717, 1.165) is 0 Å². The van der Waals surface area contributed by atoms with Gasteiger partial charge in [-0.15, -0.1) is 0 Å². The fourth-order valence-electron chi connectivity index (χ4n) is 2.22. The van der Waals surface area contributed by atoms with E-state index in [4.69, 9.17) is 0 Å². The van der Waals surface area contributed by atoms with Crippen LogP contribution >= 0.6 is 0 Å². The van der Waals surface area contributed by atoms with Gasteiger partial charge in [-0.3, -0.25) is 0 Å². The molecule has 0 aromatic heterocycles. The molecule has 0 heterocycles. The van der Waals surface area contributed by atoms with E-state index in [1.54, 1.807) is 11.1 Å². The van der Waals surface area contributed by atoms with Crippen LogP contribution in [0, 0.1) is 10.8 Å². The molecular formula is C16H28. The van der Waals surface area contributed by atoms with Gasteiger partial charge in [-0.1, -0.05) is 64.8 Å². The molecule has 0 N–H and O–H groups in total. The van der Waals surface area contributed by atoms with E-state index in [0.29, 0.717) is 10.8 Å². The van der Waals surface area contributed by atoms with Gasteiger partial charge in [0, 0.05) is 0 Å². The number of rotatable bonds is 4. The molecule has 0 aromatic rings. The van der Waals surface area contributed by atoms with E-state index in [9.17, 15) is 0 Å². The zero-order valence-electron chi connectivity index (χ0n) is 12.0. The second kappa shape index (κ2) is 4.77. The molecule has 1 aliphatic rings. The van der Waals surface area contributed by atoms with Crippen molar-refractivity contribution in [3.8, 4) is 0 Å². The van der Waals surface area contributed by atoms with Crippen LogP contribution in [0.2, 0.25) is 0 Å². The zero-order chi connectivity index (χ0) is 12.4. The van der Waals surface area contributed by atoms with Crippen molar-refractivity contribution in [3.63, 3.8) is 0 Å². The number of allylic oxidation sites excluding steroid dienone is 4. The highest BCUT2D eigenvalue weighted by atomic mass is 14.3. The molecule has 0 saturated heterocycles. The summed E-state index contributed by atoms with van der Waals surface area (Å²) in [5.41, 5.74) is 4.04. The van der Waals surface area contributed by atoms with Gasteiger partial charge in [0.15, 0.2) is 0 Å². The average molecular weight is 220 g/mol. The average Bonchev–Trinajstić information content (AvgIpc) is 2.29. The molecule has 0 heteroatoms. The number of hydrogen-bond donors (Lipinski definition) is 0. The van der Waals surface area contributed by atoms with Gasteiger partial charge in [0.05, 0.1) is 0 Å². The Kier molecular flexibility index (Phi) is 4.04. The van der Waals surface area contributed by atoms with Crippen LogP contribution in [0.4, 0.5) is 0 Å². The van der Waals surface area contributed by atoms with E-state index in [-0.39, 0.29) is 0 Å². The van der Waals surface area contributed by atoms with Crippen molar-refractivity contribution in [2.45, 2.75) is 67.2 Å². The molecule has 0 aliphatic heterocycles. The Bertz CT molecular complexity index is 268. The molecule has 0 nitrogen and oxygen atoms in total. The predicted octanol–water partition coefficient (Wildman–Crippen LogP) is 5.51. The minimum Gasteiger partial charge on any atom is -0.0646 e. The second-order valence-electron chi connectivity index (χ2n) is 6.36. The van der Waals surface area contributed by atoms with E-state index >= 15 is 0 Å². The first-order chi connectivity index (χ1) is 7.33. The molecule has 0 fully saturated rings. The van der Waals surface area contributed by atoms with Crippen molar-refractivity contribution < 1.29 is 0 Å². The summed E-state index contributed by atoms with van der Waals surface area (Å²) < 4.78 is 0. The van der Waals surface area contributed by atoms with Crippen LogP contribution in [0.3, 0.4) is 0 Å². The fraction of sp³-hybridized carbons (Fsp3) is 0.750. The Hall–Kier alpha value is -0.520. The molecule has 0 amide bonds. The molecule has 0 saturated carbocycles. The summed E-state index contributed by atoms with van der Waals surface area (Å²) in [6, 6.07) is 0. The topological polar surface area (TPSA) is 0 Å². The standard InChI is InChI=1S/C16H28/c1-7-15(3,4)13-9-11-14(12-10-13)16(5,6)8-2/h9,11H,7-8,10,12H2,1-6H3. The van der Waals surface area contributed by atoms with Crippen LogP contribution in [0.5, 0.6) is 0 Å². The lowest BCUT2D eigenvalue weighted by molar-refractivity contribution is 0.384. The fourth-order valence-corrected chi connectivity index (χ4v) is 2.22. The molecule has 0 unspecified atom stereocenters. The zero-order valence-corrected chi connectivity index (χ0v) is 12.0. The summed E-state index contributed by atoms with van der Waals surface area (Å²) >= 11 is 0. The molecule has 0 atom stereocenters. The van der Waals surface area contributed by atoms with E-state index < -0.39 is 0 Å². The molecule has 1 aliphatic carbocycles. The van der Waals surface area contributed by atoms with Gasteiger partial charge >= 0.3 is 0 Å². The van der Waals surface area contributed by atoms with Crippen LogP contribution in [0.1, 0.15) is 67.2 Å². The van der Waals surface area contributed by atoms with Crippen LogP contribution in [-0.2, 0) is 0 Å². The SMILES string of the molecule is CCC(C)(C)C1=CC=C(C(C)(C)CC)CC1. The smallest absolute Gasteiger partial charge is 0.0144 e. The Labute approximate surface area is 102 Å². The van der Waals surface area contributed by atoms with Gasteiger partial charge in [0.2, 0.25) is 0 Å². The maximum Gasteiger partial charge on any atom is -0.0144 e. The van der Waals surface area contributed by atoms with Crippen molar-refractivity contribution in [2.75, 3.05) is 0 Å². The molecule has 1 rings (SSSR count). The monoisotopic (exact) mass is 220 g/mol. The quantitative estimate of drug-likeness (QED) is 0.586. The third kappa shape index (κ3) is 2.78. The maximum absolute atomic E-state index is 2.39. The molecule has 92 valence electrons. The lowest BCUT2D eigenvalue weighted by atomic mass is 9.72. The van der Waals surface area contributed by atoms with Crippen LogP contribution < -0.4 is 0 Å². The van der Waals surface area contributed by atoms with Gasteiger partial charge < -0.3 is 0 Å². The second-order valence-corrected chi connectivity index (χ2v) is 6.36. The summed E-state index contributed by atoms with van der Waals surface area (Å²) in [5, 5.41) is 0. The van der Waals surface area contributed by atoms with Crippen LogP contribution in [0.25, 0.3) is 0 Å². The summed E-state index contributed by atoms with van der Waals surface area (Å²) in [7, 11) is 0. The van der Waals surface area contributed by atoms with Crippen molar-refractivity contribution in [3.05, 3.63) is 23.3 Å². The summed E-state index contributed by atoms with van der Waals surface area (Å²) in [6.07, 6.45) is 9.77. The summed E-state index contributed by atoms with van der Waals surface area (Å²) in [4.78, 5) is 0. The minimum atomic E-state index is 0.387. The summed E-state index contributed by atoms with van der Waals surface area (Å²) in [6.45, 7) is 14.0.